The number of hydrogen-bond acceptors (Lipinski definition) is 12. The molecule has 0 spiro atoms. The number of fused-ring (bicyclic) bond motifs is 2. The van der Waals surface area contributed by atoms with E-state index in [4.69, 9.17) is 4.74 Å². The zero-order valence-electron chi connectivity index (χ0n) is 35.6. The van der Waals surface area contributed by atoms with Gasteiger partial charge in [0.05, 0.1) is 25.2 Å². The van der Waals surface area contributed by atoms with Crippen LogP contribution >= 0.6 is 0 Å². The fraction of sp³-hybridized carbons (Fsp3) is 0.535. The number of allylic oxidation sites excluding steroid dienone is 4. The molecule has 0 aromatic heterocycles. The lowest BCUT2D eigenvalue weighted by Crippen LogP contribution is -2.62. The number of aliphatic hydroxyl groups excluding tert-OH is 2. The molecular weight excluding hydrogens is 819 g/mol. The van der Waals surface area contributed by atoms with Gasteiger partial charge < -0.3 is 35.5 Å². The van der Waals surface area contributed by atoms with E-state index in [0.29, 0.717) is 30.7 Å². The predicted octanol–water partition coefficient (Wildman–Crippen LogP) is 3.24. The van der Waals surface area contributed by atoms with E-state index in [0.717, 1.165) is 6.08 Å². The number of rotatable bonds is 10. The third-order valence-electron chi connectivity index (χ3n) is 10.5. The molecule has 8 atom stereocenters. The SMILES string of the molecule is CON(C(=O)/C=C/C=C(\C)[C@@H]1C/C=C/C=C/[C@H](O)[C@H](C)[C@@H](O)[C@@H](CCC(C)=O)C(=O)N[C@@H](C(C)C)C(=O)N[C@@H](Cc2cccc(O)c2)C(=O)N2CCCC(N2)C(=O)O1)C(F)(F)F. The number of phenolic OH excluding ortho intramolecular Hbond substituents is 1. The van der Waals surface area contributed by atoms with Gasteiger partial charge in [-0.2, -0.15) is 0 Å². The maximum atomic E-state index is 14.3. The predicted molar refractivity (Wildman–Crippen MR) is 219 cm³/mol. The van der Waals surface area contributed by atoms with Crippen LogP contribution in [0.15, 0.2) is 72.4 Å². The largest absolute Gasteiger partial charge is 0.511 e. The van der Waals surface area contributed by atoms with E-state index in [-0.39, 0.29) is 50.2 Å². The lowest BCUT2D eigenvalue weighted by atomic mass is 9.84. The quantitative estimate of drug-likeness (QED) is 0.0656. The number of aromatic hydroxyl groups is 1. The van der Waals surface area contributed by atoms with Crippen molar-refractivity contribution in [1.82, 2.24) is 26.1 Å². The van der Waals surface area contributed by atoms with Crippen molar-refractivity contribution in [3.05, 3.63) is 77.9 Å². The van der Waals surface area contributed by atoms with Crippen molar-refractivity contribution in [2.75, 3.05) is 13.7 Å². The minimum atomic E-state index is -5.11. The Hall–Kier alpha value is -5.37. The number of carbonyl (C=O) groups excluding carboxylic acids is 6. The molecule has 2 aliphatic heterocycles. The van der Waals surface area contributed by atoms with Gasteiger partial charge >= 0.3 is 12.3 Å². The lowest BCUT2D eigenvalue weighted by Gasteiger charge is -2.36. The topological polar surface area (TPSA) is 224 Å². The van der Waals surface area contributed by atoms with Gasteiger partial charge in [0.25, 0.3) is 11.8 Å². The molecule has 16 nitrogen and oxygen atoms in total. The van der Waals surface area contributed by atoms with Crippen LogP contribution in [0, 0.1) is 17.8 Å². The molecule has 0 aliphatic carbocycles. The Morgan fingerprint density at radius 1 is 1.08 bits per heavy atom. The first kappa shape index (κ1) is 51.0. The number of hydroxylamine groups is 2. The van der Waals surface area contributed by atoms with E-state index in [1.807, 2.05) is 0 Å². The summed E-state index contributed by atoms with van der Waals surface area (Å²) in [6.07, 6.45) is 0.126. The minimum absolute atomic E-state index is 0.00107. The Balaban J connectivity index is 2.08. The van der Waals surface area contributed by atoms with E-state index in [1.54, 1.807) is 32.1 Å². The summed E-state index contributed by atoms with van der Waals surface area (Å²) in [7, 11) is 0.684. The summed E-state index contributed by atoms with van der Waals surface area (Å²) < 4.78 is 45.3. The highest BCUT2D eigenvalue weighted by atomic mass is 19.4. The molecule has 1 unspecified atom stereocenters. The van der Waals surface area contributed by atoms with Crippen LogP contribution in [0.3, 0.4) is 0 Å². The number of hydrogen-bond donors (Lipinski definition) is 6. The number of ether oxygens (including phenoxy) is 1. The van der Waals surface area contributed by atoms with Crippen molar-refractivity contribution < 1.29 is 66.8 Å². The Bertz CT molecular complexity index is 1870. The summed E-state index contributed by atoms with van der Waals surface area (Å²) in [4.78, 5) is 84.3. The number of cyclic esters (lactones) is 1. The number of alkyl halides is 3. The maximum absolute atomic E-state index is 14.3. The number of nitrogens with zero attached hydrogens (tertiary/aromatic N) is 2. The average molecular weight is 878 g/mol. The average Bonchev–Trinajstić information content (AvgIpc) is 3.20. The number of benzene rings is 1. The summed E-state index contributed by atoms with van der Waals surface area (Å²) in [6, 6.07) is 2.43. The van der Waals surface area contributed by atoms with Gasteiger partial charge in [0, 0.05) is 37.8 Å². The van der Waals surface area contributed by atoms with Gasteiger partial charge in [-0.15, -0.1) is 18.2 Å². The second-order valence-corrected chi connectivity index (χ2v) is 15.7. The molecule has 3 rings (SSSR count). The van der Waals surface area contributed by atoms with Crippen molar-refractivity contribution >= 4 is 35.4 Å². The highest BCUT2D eigenvalue weighted by molar-refractivity contribution is 5.93. The van der Waals surface area contributed by atoms with E-state index in [1.165, 1.54) is 62.2 Å². The number of amides is 4. The summed E-state index contributed by atoms with van der Waals surface area (Å²) in [5.74, 6) is -7.56. The van der Waals surface area contributed by atoms with Crippen LogP contribution in [0.1, 0.15) is 72.3 Å². The van der Waals surface area contributed by atoms with Crippen molar-refractivity contribution in [2.24, 2.45) is 17.8 Å². The molecule has 2 aliphatic rings. The van der Waals surface area contributed by atoms with Crippen LogP contribution in [-0.4, -0.2) is 117 Å². The summed E-state index contributed by atoms with van der Waals surface area (Å²) in [5, 5.41) is 38.5. The van der Waals surface area contributed by atoms with E-state index >= 15 is 0 Å². The molecule has 19 heteroatoms. The third-order valence-corrected chi connectivity index (χ3v) is 10.5. The fourth-order valence-corrected chi connectivity index (χ4v) is 6.82. The number of esters is 1. The first-order valence-corrected chi connectivity index (χ1v) is 20.3. The number of carbonyl (C=O) groups is 6. The summed E-state index contributed by atoms with van der Waals surface area (Å²) in [6.45, 7) is 7.80. The molecule has 2 heterocycles. The molecule has 2 bridgehead atoms. The molecule has 342 valence electrons. The van der Waals surface area contributed by atoms with Crippen LogP contribution in [-0.2, 0) is 44.8 Å². The normalized spacial score (nSPS) is 27.7. The van der Waals surface area contributed by atoms with Crippen molar-refractivity contribution in [3.8, 4) is 5.75 Å². The Morgan fingerprint density at radius 3 is 2.42 bits per heavy atom. The number of hydrazine groups is 1. The van der Waals surface area contributed by atoms with Crippen molar-refractivity contribution in [2.45, 2.75) is 116 Å². The lowest BCUT2D eigenvalue weighted by molar-refractivity contribution is -0.340. The second kappa shape index (κ2) is 23.7. The highest BCUT2D eigenvalue weighted by Crippen LogP contribution is 2.25. The number of nitrogens with one attached hydrogen (secondary N) is 3. The number of aliphatic hydroxyl groups is 2. The zero-order chi connectivity index (χ0) is 46.3. The van der Waals surface area contributed by atoms with Crippen molar-refractivity contribution in [1.29, 1.82) is 0 Å². The Labute approximate surface area is 358 Å². The smallest absolute Gasteiger partial charge is 0.508 e. The third kappa shape index (κ3) is 15.2. The number of ketones is 1. The molecule has 1 aromatic carbocycles. The van der Waals surface area contributed by atoms with E-state index in [9.17, 15) is 57.3 Å². The summed E-state index contributed by atoms with van der Waals surface area (Å²) in [5.41, 5.74) is 3.67. The second-order valence-electron chi connectivity index (χ2n) is 15.7. The molecular formula is C43H58F3N5O11. The van der Waals surface area contributed by atoms with Crippen molar-refractivity contribution in [3.63, 3.8) is 0 Å². The number of Topliss-reactive ketones (excluding diaryl/α,β-unsaturated/α-hetero) is 1. The first-order chi connectivity index (χ1) is 29.1. The molecule has 1 fully saturated rings. The zero-order valence-corrected chi connectivity index (χ0v) is 35.6. The fourth-order valence-electron chi connectivity index (χ4n) is 6.82. The molecule has 62 heavy (non-hydrogen) atoms. The van der Waals surface area contributed by atoms with Crippen LogP contribution in [0.25, 0.3) is 0 Å². The van der Waals surface area contributed by atoms with Gasteiger partial charge in [-0.05, 0) is 62.3 Å². The van der Waals surface area contributed by atoms with Gasteiger partial charge in [0.15, 0.2) is 0 Å². The molecule has 4 amide bonds. The summed E-state index contributed by atoms with van der Waals surface area (Å²) >= 11 is 0. The molecule has 6 N–H and O–H groups in total. The molecule has 1 aromatic rings. The monoisotopic (exact) mass is 877 g/mol. The molecule has 0 radical (unpaired) electrons. The number of phenols is 1. The van der Waals surface area contributed by atoms with Crippen LogP contribution in [0.2, 0.25) is 0 Å². The van der Waals surface area contributed by atoms with Crippen LogP contribution in [0.5, 0.6) is 5.75 Å². The maximum Gasteiger partial charge on any atom is 0.511 e. The Kier molecular flexibility index (Phi) is 19.5. The molecule has 1 saturated heterocycles. The minimum Gasteiger partial charge on any atom is -0.508 e. The van der Waals surface area contributed by atoms with Gasteiger partial charge in [-0.1, -0.05) is 69.4 Å². The number of halogens is 3. The van der Waals surface area contributed by atoms with Gasteiger partial charge in [-0.25, -0.2) is 5.43 Å². The standard InChI is InChI=1S/C43H58F3N5O11/c1-25(2)37-40(58)47-33(24-29-14-11-15-30(53)23-29)41(59)50-22-12-16-32(49-50)42(60)62-35(26(3)13-10-19-36(55)51(61-6)43(44,45)46)18-9-7-8-17-34(54)28(5)38(56)31(39(57)48-37)21-20-27(4)52/h7-11,13-15,17,19,23,25,28,31-35,37-38,49,53-54,56H,12,16,18,20-22,24H2,1-6H3,(H,47,58)(H,48,57)/b9-7+,17-8+,19-10+,26-13+/t28-,31+,32?,33-,34-,35-,37-,38+/m0/s1. The van der Waals surface area contributed by atoms with Crippen LogP contribution in [0.4, 0.5) is 13.2 Å². The van der Waals surface area contributed by atoms with Crippen LogP contribution < -0.4 is 16.1 Å². The van der Waals surface area contributed by atoms with Gasteiger partial charge in [0.1, 0.15) is 35.8 Å². The van der Waals surface area contributed by atoms with Gasteiger partial charge in [0.2, 0.25) is 11.8 Å². The Morgan fingerprint density at radius 2 is 1.79 bits per heavy atom. The molecule has 0 saturated carbocycles. The first-order valence-electron chi connectivity index (χ1n) is 20.3. The van der Waals surface area contributed by atoms with E-state index < -0.39 is 95.2 Å². The van der Waals surface area contributed by atoms with E-state index in [2.05, 4.69) is 20.9 Å². The van der Waals surface area contributed by atoms with Gasteiger partial charge in [-0.3, -0.25) is 33.8 Å². The highest BCUT2D eigenvalue weighted by Gasteiger charge is 2.42.